The summed E-state index contributed by atoms with van der Waals surface area (Å²) in [4.78, 5) is 6.99. The Balaban J connectivity index is 0.00000176. The van der Waals surface area contributed by atoms with Crippen LogP contribution in [0.15, 0.2) is 36.7 Å². The molecule has 2 heterocycles. The van der Waals surface area contributed by atoms with E-state index in [0.717, 1.165) is 37.8 Å². The summed E-state index contributed by atoms with van der Waals surface area (Å²) in [6.45, 7) is 3.83. The van der Waals surface area contributed by atoms with E-state index in [4.69, 9.17) is 4.74 Å². The van der Waals surface area contributed by atoms with Gasteiger partial charge in [0.1, 0.15) is 11.6 Å². The number of methoxy groups -OCH3 is 1. The third-order valence-electron chi connectivity index (χ3n) is 4.08. The summed E-state index contributed by atoms with van der Waals surface area (Å²) in [5.74, 6) is 2.06. The molecule has 1 aliphatic rings. The Morgan fingerprint density at radius 1 is 1.36 bits per heavy atom. The second-order valence-electron chi connectivity index (χ2n) is 5.40. The molecule has 0 bridgehead atoms. The smallest absolute Gasteiger partial charge is 0.127 e. The van der Waals surface area contributed by atoms with Crippen molar-refractivity contribution in [3.63, 3.8) is 0 Å². The molecule has 0 amide bonds. The van der Waals surface area contributed by atoms with E-state index >= 15 is 0 Å². The number of hydrogen-bond donors (Lipinski definition) is 1. The van der Waals surface area contributed by atoms with Crippen LogP contribution in [0.1, 0.15) is 17.4 Å². The van der Waals surface area contributed by atoms with Gasteiger partial charge in [0.2, 0.25) is 0 Å². The molecule has 0 aliphatic carbocycles. The third-order valence-corrected chi connectivity index (χ3v) is 4.08. The van der Waals surface area contributed by atoms with Crippen LogP contribution in [0, 0.1) is 0 Å². The van der Waals surface area contributed by atoms with Crippen molar-refractivity contribution in [2.45, 2.75) is 12.6 Å². The van der Waals surface area contributed by atoms with Crippen molar-refractivity contribution < 1.29 is 4.74 Å². The molecule has 1 fully saturated rings. The van der Waals surface area contributed by atoms with Crippen LogP contribution in [0.5, 0.6) is 5.75 Å². The lowest BCUT2D eigenvalue weighted by Crippen LogP contribution is -2.46. The number of nitrogens with zero attached hydrogens (tertiary/aromatic N) is 3. The summed E-state index contributed by atoms with van der Waals surface area (Å²) in [6, 6.07) is 8.53. The van der Waals surface area contributed by atoms with Crippen LogP contribution in [0.2, 0.25) is 0 Å². The number of piperazine rings is 1. The Hall–Kier alpha value is -1.56. The molecule has 1 aromatic carbocycles. The van der Waals surface area contributed by atoms with Gasteiger partial charge in [-0.1, -0.05) is 18.2 Å². The van der Waals surface area contributed by atoms with Crippen LogP contribution in [-0.4, -0.2) is 41.2 Å². The van der Waals surface area contributed by atoms with Crippen molar-refractivity contribution in [2.75, 3.05) is 26.7 Å². The monoisotopic (exact) mass is 322 g/mol. The first-order chi connectivity index (χ1) is 10.3. The number of rotatable bonds is 4. The van der Waals surface area contributed by atoms with Crippen molar-refractivity contribution in [1.29, 1.82) is 0 Å². The van der Waals surface area contributed by atoms with E-state index in [-0.39, 0.29) is 12.4 Å². The van der Waals surface area contributed by atoms with Crippen molar-refractivity contribution in [2.24, 2.45) is 7.05 Å². The number of aromatic nitrogens is 2. The Labute approximate surface area is 137 Å². The zero-order chi connectivity index (χ0) is 14.7. The molecular weight excluding hydrogens is 300 g/mol. The van der Waals surface area contributed by atoms with Gasteiger partial charge < -0.3 is 14.6 Å². The molecule has 1 aromatic heterocycles. The lowest BCUT2D eigenvalue weighted by molar-refractivity contribution is 0.143. The van der Waals surface area contributed by atoms with Gasteiger partial charge in [0, 0.05) is 51.2 Å². The maximum Gasteiger partial charge on any atom is 0.127 e. The first kappa shape index (κ1) is 16.8. The van der Waals surface area contributed by atoms with Gasteiger partial charge in [0.05, 0.1) is 13.2 Å². The molecule has 2 aromatic rings. The molecule has 1 aliphatic heterocycles. The molecule has 0 spiro atoms. The maximum atomic E-state index is 5.47. The average Bonchev–Trinajstić information content (AvgIpc) is 2.94. The molecule has 1 unspecified atom stereocenters. The molecule has 1 atom stereocenters. The number of imidazole rings is 1. The van der Waals surface area contributed by atoms with Gasteiger partial charge in [-0.15, -0.1) is 12.4 Å². The summed E-state index contributed by atoms with van der Waals surface area (Å²) in [7, 11) is 3.78. The van der Waals surface area contributed by atoms with Crippen molar-refractivity contribution in [3.05, 3.63) is 48.0 Å². The number of ether oxygens (including phenoxy) is 1. The summed E-state index contributed by atoms with van der Waals surface area (Å²) in [5, 5.41) is 3.47. The molecular formula is C16H23ClN4O. The van der Waals surface area contributed by atoms with E-state index in [1.165, 1.54) is 5.56 Å². The standard InChI is InChI=1S/C16H22N4O.ClH/c1-19-9-8-18-16(19)14-11-17-7-10-20(14)12-13-5-3-4-6-15(13)21-2;/h3-6,8-9,14,17H,7,10-12H2,1-2H3;1H. The summed E-state index contributed by atoms with van der Waals surface area (Å²) >= 11 is 0. The molecule has 6 heteroatoms. The average molecular weight is 323 g/mol. The normalized spacial score (nSPS) is 18.7. The lowest BCUT2D eigenvalue weighted by Gasteiger charge is -2.36. The minimum atomic E-state index is 0. The van der Waals surface area contributed by atoms with Crippen LogP contribution in [-0.2, 0) is 13.6 Å². The second-order valence-corrected chi connectivity index (χ2v) is 5.40. The largest absolute Gasteiger partial charge is 0.496 e. The van der Waals surface area contributed by atoms with E-state index in [1.807, 2.05) is 24.5 Å². The minimum absolute atomic E-state index is 0. The molecule has 22 heavy (non-hydrogen) atoms. The number of para-hydroxylation sites is 1. The molecule has 5 nitrogen and oxygen atoms in total. The van der Waals surface area contributed by atoms with Crippen molar-refractivity contribution >= 4 is 12.4 Å². The summed E-state index contributed by atoms with van der Waals surface area (Å²) in [5.41, 5.74) is 1.22. The number of hydrogen-bond acceptors (Lipinski definition) is 4. The fourth-order valence-electron chi connectivity index (χ4n) is 2.94. The lowest BCUT2D eigenvalue weighted by atomic mass is 10.1. The Kier molecular flexibility index (Phi) is 5.83. The minimum Gasteiger partial charge on any atom is -0.496 e. The highest BCUT2D eigenvalue weighted by atomic mass is 35.5. The SMILES string of the molecule is COc1ccccc1CN1CCNCC1c1nccn1C.Cl. The van der Waals surface area contributed by atoms with Gasteiger partial charge in [0.25, 0.3) is 0 Å². The van der Waals surface area contributed by atoms with Gasteiger partial charge in [-0.2, -0.15) is 0 Å². The fraction of sp³-hybridized carbons (Fsp3) is 0.438. The topological polar surface area (TPSA) is 42.3 Å². The number of nitrogens with one attached hydrogen (secondary N) is 1. The van der Waals surface area contributed by atoms with E-state index in [2.05, 4.69) is 38.9 Å². The van der Waals surface area contributed by atoms with Gasteiger partial charge in [-0.25, -0.2) is 4.98 Å². The highest BCUT2D eigenvalue weighted by Crippen LogP contribution is 2.26. The zero-order valence-corrected chi connectivity index (χ0v) is 13.8. The predicted octanol–water partition coefficient (Wildman–Crippen LogP) is 2.00. The van der Waals surface area contributed by atoms with Gasteiger partial charge >= 0.3 is 0 Å². The molecule has 120 valence electrons. The maximum absolute atomic E-state index is 5.47. The van der Waals surface area contributed by atoms with Gasteiger partial charge in [-0.3, -0.25) is 4.90 Å². The number of halogens is 1. The first-order valence-electron chi connectivity index (χ1n) is 7.33. The highest BCUT2D eigenvalue weighted by molar-refractivity contribution is 5.85. The van der Waals surface area contributed by atoms with Gasteiger partial charge in [0.15, 0.2) is 0 Å². The van der Waals surface area contributed by atoms with Crippen LogP contribution >= 0.6 is 12.4 Å². The first-order valence-corrected chi connectivity index (χ1v) is 7.33. The van der Waals surface area contributed by atoms with Crippen LogP contribution < -0.4 is 10.1 Å². The van der Waals surface area contributed by atoms with Gasteiger partial charge in [-0.05, 0) is 6.07 Å². The molecule has 0 radical (unpaired) electrons. The number of benzene rings is 1. The highest BCUT2D eigenvalue weighted by Gasteiger charge is 2.27. The molecule has 1 saturated heterocycles. The Morgan fingerprint density at radius 3 is 2.91 bits per heavy atom. The van der Waals surface area contributed by atoms with Crippen molar-refractivity contribution in [1.82, 2.24) is 19.8 Å². The predicted molar refractivity (Wildman–Crippen MR) is 89.5 cm³/mol. The van der Waals surface area contributed by atoms with Crippen molar-refractivity contribution in [3.8, 4) is 5.75 Å². The van der Waals surface area contributed by atoms with Crippen LogP contribution in [0.4, 0.5) is 0 Å². The molecule has 3 rings (SSSR count). The van der Waals surface area contributed by atoms with E-state index in [9.17, 15) is 0 Å². The van der Waals surface area contributed by atoms with E-state index in [1.54, 1.807) is 7.11 Å². The Bertz CT molecular complexity index is 601. The quantitative estimate of drug-likeness (QED) is 0.935. The third kappa shape index (κ3) is 3.43. The Morgan fingerprint density at radius 2 is 2.18 bits per heavy atom. The van der Waals surface area contributed by atoms with Crippen LogP contribution in [0.25, 0.3) is 0 Å². The molecule has 1 N–H and O–H groups in total. The summed E-state index contributed by atoms with van der Waals surface area (Å²) < 4.78 is 7.58. The van der Waals surface area contributed by atoms with E-state index in [0.29, 0.717) is 6.04 Å². The fourth-order valence-corrected chi connectivity index (χ4v) is 2.94. The number of aryl methyl sites for hydroxylation is 1. The van der Waals surface area contributed by atoms with E-state index < -0.39 is 0 Å². The summed E-state index contributed by atoms with van der Waals surface area (Å²) in [6.07, 6.45) is 3.87. The zero-order valence-electron chi connectivity index (χ0n) is 13.0. The molecule has 0 saturated carbocycles. The second kappa shape index (κ2) is 7.63. The van der Waals surface area contributed by atoms with Crippen LogP contribution in [0.3, 0.4) is 0 Å².